The summed E-state index contributed by atoms with van der Waals surface area (Å²) in [5.74, 6) is -10.5. The summed E-state index contributed by atoms with van der Waals surface area (Å²) in [6.45, 7) is -0.416. The van der Waals surface area contributed by atoms with Crippen LogP contribution in [0, 0.1) is 35.0 Å². The third-order valence-corrected chi connectivity index (χ3v) is 24.3. The van der Waals surface area contributed by atoms with Crippen molar-refractivity contribution in [3.8, 4) is 16.9 Å². The summed E-state index contributed by atoms with van der Waals surface area (Å²) in [4.78, 5) is 141. The molecule has 1 aliphatic heterocycles. The number of nitrogens with one attached hydrogen (secondary N) is 3. The maximum absolute atomic E-state index is 15.1. The number of H-pyrrole nitrogens is 3. The van der Waals surface area contributed by atoms with Crippen LogP contribution in [0.2, 0.25) is 0 Å². The summed E-state index contributed by atoms with van der Waals surface area (Å²) < 4.78 is 122. The second-order valence-electron chi connectivity index (χ2n) is 32.2. The molecule has 13 heterocycles. The Morgan fingerprint density at radius 3 is 1.52 bits per heavy atom. The summed E-state index contributed by atoms with van der Waals surface area (Å²) in [6.07, 6.45) is 23.0. The van der Waals surface area contributed by atoms with Gasteiger partial charge in [0, 0.05) is 130 Å². The number of halogens is 6. The summed E-state index contributed by atoms with van der Waals surface area (Å²) >= 11 is 0. The number of hydrogen-bond acceptors (Lipinski definition) is 19. The van der Waals surface area contributed by atoms with E-state index in [9.17, 15) is 90.3 Å². The second-order valence-corrected chi connectivity index (χ2v) is 32.2. The van der Waals surface area contributed by atoms with Gasteiger partial charge < -0.3 is 87.6 Å². The third kappa shape index (κ3) is 14.8. The molecular formula is C100H64F6N12O19. The van der Waals surface area contributed by atoms with Gasteiger partial charge in [-0.15, -0.1) is 0 Å². The monoisotopic (exact) mass is 1850 g/mol. The third-order valence-electron chi connectivity index (χ3n) is 24.3. The number of allylic oxidation sites excluding steroid dienone is 12. The van der Waals surface area contributed by atoms with Crippen molar-refractivity contribution in [2.24, 2.45) is 5.73 Å². The van der Waals surface area contributed by atoms with Gasteiger partial charge in [0.15, 0.2) is 28.8 Å². The quantitative estimate of drug-likeness (QED) is 0.0302. The van der Waals surface area contributed by atoms with Crippen molar-refractivity contribution in [1.29, 1.82) is 0 Å². The van der Waals surface area contributed by atoms with Gasteiger partial charge in [-0.25, -0.2) is 51.1 Å². The highest BCUT2D eigenvalue weighted by molar-refractivity contribution is 6.32. The lowest BCUT2D eigenvalue weighted by Gasteiger charge is -2.12. The van der Waals surface area contributed by atoms with Crippen LogP contribution in [0.25, 0.3) is 137 Å². The number of benzene rings is 7. The number of carbonyl (C=O) groups is 8. The molecule has 137 heavy (non-hydrogen) atoms. The zero-order valence-corrected chi connectivity index (χ0v) is 70.5. The van der Waals surface area contributed by atoms with Crippen LogP contribution in [-0.2, 0) is 47.0 Å². The number of nitrogens with zero attached hydrogens (tertiary/aromatic N) is 7. The van der Waals surface area contributed by atoms with Crippen molar-refractivity contribution in [3.05, 3.63) is 342 Å². The van der Waals surface area contributed by atoms with Crippen LogP contribution in [0.15, 0.2) is 241 Å². The number of ketones is 3. The number of primary amides is 1. The molecule has 19 aromatic rings. The van der Waals surface area contributed by atoms with Crippen LogP contribution in [0.5, 0.6) is 5.75 Å². The van der Waals surface area contributed by atoms with Gasteiger partial charge >= 0.3 is 23.9 Å². The first-order valence-corrected chi connectivity index (χ1v) is 41.9. The molecule has 7 aromatic carbocycles. The smallest absolute Gasteiger partial charge is 0.353 e. The maximum Gasteiger partial charge on any atom is 0.353 e. The van der Waals surface area contributed by atoms with E-state index in [1.807, 2.05) is 0 Å². The maximum atomic E-state index is 15.1. The van der Waals surface area contributed by atoms with Crippen LogP contribution >= 0.6 is 0 Å². The number of fused-ring (bicyclic) bond motifs is 15. The van der Waals surface area contributed by atoms with Crippen molar-refractivity contribution in [2.75, 3.05) is 12.3 Å². The highest BCUT2D eigenvalue weighted by Gasteiger charge is 2.38. The molecule has 1 amide bonds. The number of rotatable bonds is 17. The average molecular weight is 1850 g/mol. The number of para-hydroxylation sites is 1. The predicted octanol–water partition coefficient (Wildman–Crippen LogP) is 17.6. The molecule has 0 fully saturated rings. The van der Waals surface area contributed by atoms with Gasteiger partial charge in [0.1, 0.15) is 74.4 Å². The number of nitrogens with two attached hydrogens (primary N) is 2. The molecule has 3 aliphatic carbocycles. The van der Waals surface area contributed by atoms with Crippen LogP contribution in [0.1, 0.15) is 116 Å². The zero-order valence-electron chi connectivity index (χ0n) is 70.5. The number of ether oxygens (including phenoxy) is 1. The lowest BCUT2D eigenvalue weighted by Crippen LogP contribution is -2.16. The minimum Gasteiger partial charge on any atom is -0.492 e. The summed E-state index contributed by atoms with van der Waals surface area (Å²) in [5.41, 5.74) is 15.4. The van der Waals surface area contributed by atoms with Crippen LogP contribution < -0.4 is 27.3 Å². The minimum atomic E-state index is -1.40. The Hall–Kier alpha value is -18.5. The number of amides is 1. The van der Waals surface area contributed by atoms with Crippen LogP contribution in [0.4, 0.5) is 32.2 Å². The average Bonchev–Trinajstić information content (AvgIpc) is 1.58. The molecular weight excluding hydrogens is 1790 g/mol. The van der Waals surface area contributed by atoms with Crippen molar-refractivity contribution in [2.45, 2.75) is 51.9 Å². The number of nitrogen functional groups attached to an aromatic ring is 1. The normalized spacial score (nSPS) is 13.5. The van der Waals surface area contributed by atoms with Gasteiger partial charge in [0.2, 0.25) is 17.4 Å². The summed E-state index contributed by atoms with van der Waals surface area (Å²) in [7, 11) is 0. The van der Waals surface area contributed by atoms with E-state index in [0.717, 1.165) is 18.3 Å². The number of carboxylic acid groups (broad SMARTS) is 4. The summed E-state index contributed by atoms with van der Waals surface area (Å²) in [6, 6.07) is 29.9. The Kier molecular flexibility index (Phi) is 21.5. The molecule has 11 N–H and O–H groups in total. The van der Waals surface area contributed by atoms with Crippen molar-refractivity contribution < 1.29 is 108 Å². The molecule has 0 spiro atoms. The van der Waals surface area contributed by atoms with Crippen molar-refractivity contribution in [1.82, 2.24) is 48.3 Å². The number of hydrogen-bond donors (Lipinski definition) is 9. The Bertz CT molecular complexity index is 8910. The molecule has 12 aromatic heterocycles. The number of aromatic amines is 3. The molecule has 680 valence electrons. The van der Waals surface area contributed by atoms with E-state index >= 15 is 4.39 Å². The van der Waals surface area contributed by atoms with E-state index in [1.165, 1.54) is 122 Å². The molecule has 4 aliphatic rings. The van der Waals surface area contributed by atoms with E-state index in [1.54, 1.807) is 91.1 Å². The second kappa shape index (κ2) is 34.1. The van der Waals surface area contributed by atoms with Gasteiger partial charge in [0.05, 0.1) is 132 Å². The number of pyridine rings is 3. The van der Waals surface area contributed by atoms with Crippen LogP contribution in [-0.4, -0.2) is 123 Å². The van der Waals surface area contributed by atoms with Gasteiger partial charge in [-0.05, 0) is 96.1 Å². The number of aromatic nitrogens is 10. The zero-order chi connectivity index (χ0) is 95.5. The molecule has 0 saturated carbocycles. The Morgan fingerprint density at radius 2 is 0.978 bits per heavy atom. The van der Waals surface area contributed by atoms with E-state index in [-0.39, 0.29) is 236 Å². The predicted molar refractivity (Wildman–Crippen MR) is 488 cm³/mol. The largest absolute Gasteiger partial charge is 0.492 e. The van der Waals surface area contributed by atoms with E-state index in [4.69, 9.17) is 34.0 Å². The first-order chi connectivity index (χ1) is 66.1. The lowest BCUT2D eigenvalue weighted by molar-refractivity contribution is -0.113. The fourth-order valence-corrected chi connectivity index (χ4v) is 18.4. The topological polar surface area (TPSA) is 471 Å². The number of furan rings is 3. The van der Waals surface area contributed by atoms with Crippen molar-refractivity contribution in [3.63, 3.8) is 0 Å². The number of carboxylic acids is 4. The first kappa shape index (κ1) is 86.6. The van der Waals surface area contributed by atoms with E-state index < -0.39 is 76.9 Å². The lowest BCUT2D eigenvalue weighted by atomic mass is 9.92. The number of carbonyl (C=O) groups excluding carboxylic acids is 4. The molecule has 0 unspecified atom stereocenters. The Morgan fingerprint density at radius 1 is 0.474 bits per heavy atom. The van der Waals surface area contributed by atoms with Gasteiger partial charge in [-0.3, -0.25) is 28.8 Å². The SMILES string of the molecule is NC(=O)c1cnc(F)c(Cn2c(C(=O)O)c(C3=CC=CCC3=O)c3c4c(c(F)cc32)CCO4)c1.Nc1noc2ccc(Cn3c(C(=O)O)c(C4=CC=CCC4=O)c4c5occc5c(F)cc43)cc12.O=C(O)c1c(-c2ccc[nH]c2=O)c2c3occc3c(F)cc2n1Cc1cc(=O)[nH]c2ccccc12.O=C1CC=CC=C1c1c(C(=O)O)n(Cc2cc3[nH]cnc3cc2F)c2cc(F)c3ccoc3c12. The highest BCUT2D eigenvalue weighted by Crippen LogP contribution is 2.48. The minimum absolute atomic E-state index is 0.0566. The molecule has 0 atom stereocenters. The Labute approximate surface area is 760 Å². The fraction of sp³-hybridized carbons (Fsp3) is 0.0900. The number of Topliss-reactive ketones (excluding diaryl/α,β-unsaturated/α-hetero) is 3. The highest BCUT2D eigenvalue weighted by atomic mass is 19.1. The standard InChI is InChI=1S/C26H16FN3O5.C25H15F2N3O4.C25H16FN3O5.C24H17F2N3O5/c27-17-11-19-22(24-15(17)7-9-35-24)21(16-5-3-8-28-25(16)32)23(26(33)34)30(19)12-13-10-20(31)29-18-6-2-1-4-14(13)18;26-15-8-18-17(28-11-29-18)7-12(15)10-30-19-9-16(27)13-5-6-34-24(13)22(19)21(23(30)25(32)33)14-3-1-2-4-20(14)31;26-16-10-17-21(23-13(16)7-8-33-23)20(14-3-1-2-4-18(14)30)22(25(31)32)29(17)11-12-5-6-19-15(9-12)24(27)28-34-19;25-15-8-16-19(21-13(15)5-6-34-21)18(14-3-1-2-4-17(14)30)20(24(32)33)29(16)10-12-7-11(23(27)31)9-28-22(12)26/h1-11H,12H2,(H,28,32)(H,29,31)(H,33,34);1-3,5-9,11H,4,10H2,(H,28,29)(H,32,33);1-3,5-10H,4,11H2,(H2,27,28)(H,31,32);1-3,7-9H,4-6,10H2,(H2,27,31)(H,32,33). The van der Waals surface area contributed by atoms with Gasteiger partial charge in [0.25, 0.3) is 5.56 Å². The number of imidazole rings is 1. The van der Waals surface area contributed by atoms with E-state index in [0.29, 0.717) is 60.3 Å². The summed E-state index contributed by atoms with van der Waals surface area (Å²) in [5, 5.41) is 47.8. The van der Waals surface area contributed by atoms with E-state index in [2.05, 4.69) is 30.1 Å². The molecule has 0 bridgehead atoms. The molecule has 37 heteroatoms. The molecule has 0 saturated heterocycles. The fourth-order valence-electron chi connectivity index (χ4n) is 18.4. The number of anilines is 1. The Balaban J connectivity index is 0.000000113. The first-order valence-electron chi connectivity index (χ1n) is 41.9. The number of aromatic carboxylic acids is 4. The molecule has 0 radical (unpaired) electrons. The molecule has 31 nitrogen and oxygen atoms in total. The van der Waals surface area contributed by atoms with Gasteiger partial charge in [-0.2, -0.15) is 4.39 Å². The molecule has 23 rings (SSSR count). The van der Waals surface area contributed by atoms with Crippen molar-refractivity contribution >= 4 is 179 Å². The van der Waals surface area contributed by atoms with Gasteiger partial charge in [-0.1, -0.05) is 84.1 Å². The van der Waals surface area contributed by atoms with Crippen LogP contribution in [0.3, 0.4) is 0 Å².